The van der Waals surface area contributed by atoms with E-state index in [0.717, 1.165) is 34.6 Å². The Labute approximate surface area is 261 Å². The Balaban J connectivity index is 0.000000283. The van der Waals surface area contributed by atoms with Crippen LogP contribution in [0.2, 0.25) is 0 Å². The van der Waals surface area contributed by atoms with E-state index in [1.807, 2.05) is 20.2 Å². The number of fused-ring (bicyclic) bond motifs is 5. The van der Waals surface area contributed by atoms with Gasteiger partial charge in [-0.25, -0.2) is 0 Å². The molecule has 0 spiro atoms. The maximum atomic E-state index is 8.26. The van der Waals surface area contributed by atoms with Gasteiger partial charge in [0.25, 0.3) is 0 Å². The van der Waals surface area contributed by atoms with Crippen molar-refractivity contribution in [2.75, 3.05) is 41.8 Å². The van der Waals surface area contributed by atoms with Gasteiger partial charge >= 0.3 is 0 Å². The zero-order valence-corrected chi connectivity index (χ0v) is 28.2. The lowest BCUT2D eigenvalue weighted by molar-refractivity contribution is -0.915. The molecular formula is C37H70N5+. The molecule has 42 heavy (non-hydrogen) atoms. The summed E-state index contributed by atoms with van der Waals surface area (Å²) in [5, 5.41) is 14.6. The van der Waals surface area contributed by atoms with Gasteiger partial charge in [0.2, 0.25) is 0 Å². The van der Waals surface area contributed by atoms with Crippen molar-refractivity contribution in [1.29, 1.82) is 5.41 Å². The normalized spacial score (nSPS) is 36.9. The molecule has 0 radical (unpaired) electrons. The summed E-state index contributed by atoms with van der Waals surface area (Å²) in [5.74, 6) is 3.23. The molecule has 8 atom stereocenters. The summed E-state index contributed by atoms with van der Waals surface area (Å²) in [4.78, 5) is 0. The Bertz CT molecular complexity index is 931. The first-order valence-corrected chi connectivity index (χ1v) is 16.8. The van der Waals surface area contributed by atoms with Crippen molar-refractivity contribution in [1.82, 2.24) is 16.1 Å². The van der Waals surface area contributed by atoms with Crippen LogP contribution < -0.4 is 16.1 Å². The van der Waals surface area contributed by atoms with Gasteiger partial charge in [-0.1, -0.05) is 51.2 Å². The number of quaternary nitrogens is 1. The van der Waals surface area contributed by atoms with Crippen molar-refractivity contribution in [2.45, 2.75) is 117 Å². The minimum absolute atomic E-state index is 0. The number of hydrogen-bond acceptors (Lipinski definition) is 4. The molecule has 5 nitrogen and oxygen atoms in total. The van der Waals surface area contributed by atoms with Crippen molar-refractivity contribution in [3.05, 3.63) is 36.5 Å². The van der Waals surface area contributed by atoms with Crippen molar-refractivity contribution in [2.24, 2.45) is 34.5 Å². The first-order valence-electron chi connectivity index (χ1n) is 16.8. The lowest BCUT2D eigenvalue weighted by atomic mass is 9.46. The predicted octanol–water partition coefficient (Wildman–Crippen LogP) is 7.92. The van der Waals surface area contributed by atoms with E-state index in [2.05, 4.69) is 77.2 Å². The molecule has 5 heteroatoms. The first-order chi connectivity index (χ1) is 19.3. The molecule has 5 aliphatic rings. The number of hydrogen-bond donors (Lipinski definition) is 4. The molecule has 8 unspecified atom stereocenters. The average molecular weight is 585 g/mol. The van der Waals surface area contributed by atoms with Crippen LogP contribution >= 0.6 is 0 Å². The third kappa shape index (κ3) is 8.67. The molecular weight excluding hydrogens is 514 g/mol. The van der Waals surface area contributed by atoms with Gasteiger partial charge in [-0.2, -0.15) is 5.43 Å². The average Bonchev–Trinajstić information content (AvgIpc) is 3.51. The largest absolute Gasteiger partial charge is 0.323 e. The van der Waals surface area contributed by atoms with Crippen LogP contribution in [0.1, 0.15) is 105 Å². The van der Waals surface area contributed by atoms with Crippen molar-refractivity contribution in [3.8, 4) is 0 Å². The second-order valence-corrected chi connectivity index (χ2v) is 15.4. The molecule has 3 saturated carbocycles. The van der Waals surface area contributed by atoms with Gasteiger partial charge in [-0.3, -0.25) is 4.59 Å². The van der Waals surface area contributed by atoms with Crippen LogP contribution in [0, 0.1) is 39.9 Å². The summed E-state index contributed by atoms with van der Waals surface area (Å²) in [6, 6.07) is 1.27. The Morgan fingerprint density at radius 3 is 2.33 bits per heavy atom. The van der Waals surface area contributed by atoms with E-state index in [0.29, 0.717) is 28.8 Å². The molecule has 0 aromatic rings. The highest BCUT2D eigenvalue weighted by atomic mass is 15.6. The van der Waals surface area contributed by atoms with Crippen LogP contribution in [-0.4, -0.2) is 64.2 Å². The fourth-order valence-electron chi connectivity index (χ4n) is 9.39. The molecule has 5 rings (SSSR count). The van der Waals surface area contributed by atoms with E-state index < -0.39 is 0 Å². The second-order valence-electron chi connectivity index (χ2n) is 15.4. The molecule has 1 heterocycles. The Kier molecular flexibility index (Phi) is 13.7. The number of nitrogens with one attached hydrogen (secondary N) is 4. The van der Waals surface area contributed by atoms with Gasteiger partial charge in [-0.15, -0.1) is 6.58 Å². The SMILES string of the molecule is C.C=C1C=C2CCC3C(CCC4(C)C(C(C)=N)CCC34)C2(C)CC1.C=CC1CCC(CCCN[N+](C)(C)C)N1.CNC. The fraction of sp³-hybridized carbons (Fsp3) is 0.811. The lowest BCUT2D eigenvalue weighted by Crippen LogP contribution is -2.50. The Hall–Kier alpha value is -1.27. The maximum Gasteiger partial charge on any atom is 0.0853 e. The van der Waals surface area contributed by atoms with Crippen LogP contribution in [-0.2, 0) is 0 Å². The highest BCUT2D eigenvalue weighted by Gasteiger charge is 2.58. The monoisotopic (exact) mass is 585 g/mol. The molecule has 1 saturated heterocycles. The third-order valence-electron chi connectivity index (χ3n) is 11.5. The van der Waals surface area contributed by atoms with Crippen LogP contribution in [0.15, 0.2) is 36.5 Å². The molecule has 0 amide bonds. The number of nitrogens with zero attached hydrogens (tertiary/aromatic N) is 1. The van der Waals surface area contributed by atoms with E-state index in [-0.39, 0.29) is 7.43 Å². The molecule has 0 aromatic carbocycles. The molecule has 242 valence electrons. The summed E-state index contributed by atoms with van der Waals surface area (Å²) >= 11 is 0. The molecule has 0 bridgehead atoms. The summed E-state index contributed by atoms with van der Waals surface area (Å²) < 4.78 is 0.841. The van der Waals surface area contributed by atoms with Crippen LogP contribution in [0.3, 0.4) is 0 Å². The number of allylic oxidation sites excluding steroid dienone is 3. The van der Waals surface area contributed by atoms with Gasteiger partial charge in [-0.05, 0) is 127 Å². The minimum atomic E-state index is 0. The molecule has 1 aliphatic heterocycles. The van der Waals surface area contributed by atoms with Crippen LogP contribution in [0.4, 0.5) is 0 Å². The van der Waals surface area contributed by atoms with Crippen molar-refractivity contribution < 1.29 is 4.59 Å². The van der Waals surface area contributed by atoms with Gasteiger partial charge in [0, 0.05) is 30.3 Å². The smallest absolute Gasteiger partial charge is 0.0853 e. The third-order valence-corrected chi connectivity index (χ3v) is 11.5. The Morgan fingerprint density at radius 2 is 1.74 bits per heavy atom. The van der Waals surface area contributed by atoms with Gasteiger partial charge in [0.05, 0.1) is 21.1 Å². The van der Waals surface area contributed by atoms with E-state index >= 15 is 0 Å². The molecule has 4 N–H and O–H groups in total. The summed E-state index contributed by atoms with van der Waals surface area (Å²) in [5.41, 5.74) is 8.35. The topological polar surface area (TPSA) is 59.9 Å². The standard InChI is InChI=1S/C22H33N.C12H26N3.C2H7N.CH4/c1-14-9-11-21(3)16(13-14)5-6-17-19-8-7-18(15(2)23)22(19,4)12-10-20(17)21;1-5-11-8-9-12(14-11)7-6-10-13-15(2,3)4;1-3-2;/h13,17-20,23H,1,5-12H2,2-4H3;5,11-14H,1,6-10H2,2-4H3;3H,1-2H3;1H4/q;+1;;. The predicted molar refractivity (Wildman–Crippen MR) is 185 cm³/mol. The maximum absolute atomic E-state index is 8.26. The minimum Gasteiger partial charge on any atom is -0.323 e. The highest BCUT2D eigenvalue weighted by molar-refractivity contribution is 5.82. The van der Waals surface area contributed by atoms with Gasteiger partial charge in [0.1, 0.15) is 0 Å². The van der Waals surface area contributed by atoms with Crippen LogP contribution in [0.25, 0.3) is 0 Å². The van der Waals surface area contributed by atoms with Gasteiger partial charge in [0.15, 0.2) is 0 Å². The molecule has 0 aromatic heterocycles. The first kappa shape index (κ1) is 36.9. The summed E-state index contributed by atoms with van der Waals surface area (Å²) in [6.07, 6.45) is 20.2. The van der Waals surface area contributed by atoms with Gasteiger partial charge < -0.3 is 16.0 Å². The van der Waals surface area contributed by atoms with Crippen molar-refractivity contribution in [3.63, 3.8) is 0 Å². The Morgan fingerprint density at radius 1 is 1.05 bits per heavy atom. The molecule has 4 fully saturated rings. The van der Waals surface area contributed by atoms with Crippen molar-refractivity contribution >= 4 is 5.71 Å². The quantitative estimate of drug-likeness (QED) is 0.0808. The highest BCUT2D eigenvalue weighted by Crippen LogP contribution is 2.66. The summed E-state index contributed by atoms with van der Waals surface area (Å²) in [6.45, 7) is 16.3. The van der Waals surface area contributed by atoms with E-state index in [1.165, 1.54) is 82.6 Å². The zero-order chi connectivity index (χ0) is 30.4. The van der Waals surface area contributed by atoms with E-state index in [4.69, 9.17) is 5.41 Å². The summed E-state index contributed by atoms with van der Waals surface area (Å²) in [7, 11) is 10.2. The molecule has 4 aliphatic carbocycles. The second kappa shape index (κ2) is 15.6. The number of rotatable bonds is 7. The zero-order valence-electron chi connectivity index (χ0n) is 28.2. The van der Waals surface area contributed by atoms with E-state index in [9.17, 15) is 0 Å². The fourth-order valence-corrected chi connectivity index (χ4v) is 9.39. The van der Waals surface area contributed by atoms with E-state index in [1.54, 1.807) is 5.57 Å². The lowest BCUT2D eigenvalue weighted by Gasteiger charge is -2.58. The van der Waals surface area contributed by atoms with Crippen LogP contribution in [0.5, 0.6) is 0 Å².